The van der Waals surface area contributed by atoms with Crippen molar-refractivity contribution in [2.24, 2.45) is 0 Å². The number of hydrogen-bond acceptors (Lipinski definition) is 3. The molecule has 7 heteroatoms. The normalized spacial score (nSPS) is 12.4. The van der Waals surface area contributed by atoms with Crippen LogP contribution >= 0.6 is 0 Å². The Morgan fingerprint density at radius 1 is 1.06 bits per heavy atom. The Labute approximate surface area is 105 Å². The van der Waals surface area contributed by atoms with Crippen LogP contribution < -0.4 is 0 Å². The maximum Gasteiger partial charge on any atom is 0.390 e. The zero-order valence-electron chi connectivity index (χ0n) is 10.8. The molecule has 0 aromatic heterocycles. The van der Waals surface area contributed by atoms with E-state index in [4.69, 9.17) is 5.11 Å². The van der Waals surface area contributed by atoms with E-state index in [1.807, 2.05) is 18.7 Å². The summed E-state index contributed by atoms with van der Waals surface area (Å²) in [5, 5.41) is 8.66. The van der Waals surface area contributed by atoms with Crippen LogP contribution in [0.15, 0.2) is 0 Å². The van der Waals surface area contributed by atoms with Crippen LogP contribution in [0.25, 0.3) is 0 Å². The molecular weight excluding hydrogens is 249 g/mol. The predicted molar refractivity (Wildman–Crippen MR) is 62.5 cm³/mol. The molecule has 0 aliphatic rings. The van der Waals surface area contributed by atoms with Crippen molar-refractivity contribution >= 4 is 5.97 Å². The van der Waals surface area contributed by atoms with Gasteiger partial charge in [0.25, 0.3) is 0 Å². The maximum absolute atomic E-state index is 12.1. The number of alkyl halides is 3. The third-order valence-corrected chi connectivity index (χ3v) is 2.70. The number of carbonyl (C=O) groups is 1. The molecule has 0 bridgehead atoms. The summed E-state index contributed by atoms with van der Waals surface area (Å²) >= 11 is 0. The van der Waals surface area contributed by atoms with E-state index < -0.39 is 18.6 Å². The Morgan fingerprint density at radius 3 is 1.94 bits per heavy atom. The number of hydrogen-bond donors (Lipinski definition) is 1. The van der Waals surface area contributed by atoms with E-state index in [0.717, 1.165) is 13.1 Å². The first kappa shape index (κ1) is 17.2. The van der Waals surface area contributed by atoms with E-state index in [0.29, 0.717) is 13.1 Å². The lowest BCUT2D eigenvalue weighted by Crippen LogP contribution is -2.39. The second-order valence-corrected chi connectivity index (χ2v) is 4.06. The van der Waals surface area contributed by atoms with Gasteiger partial charge in [-0.2, -0.15) is 13.2 Å². The van der Waals surface area contributed by atoms with E-state index >= 15 is 0 Å². The Hall–Kier alpha value is -0.820. The number of carboxylic acid groups (broad SMARTS) is 1. The number of rotatable bonds is 9. The third kappa shape index (κ3) is 9.23. The highest BCUT2D eigenvalue weighted by Gasteiger charge is 2.28. The molecule has 4 nitrogen and oxygen atoms in total. The molecule has 0 amide bonds. The highest BCUT2D eigenvalue weighted by atomic mass is 19.4. The number of aliphatic carboxylic acids is 1. The zero-order chi connectivity index (χ0) is 14.2. The largest absolute Gasteiger partial charge is 0.480 e. The average Bonchev–Trinajstić information content (AvgIpc) is 2.25. The number of halogens is 3. The van der Waals surface area contributed by atoms with Crippen molar-refractivity contribution in [2.45, 2.75) is 26.4 Å². The SMILES string of the molecule is CCN(CC)CCN(CCC(F)(F)F)CC(=O)O. The molecule has 0 spiro atoms. The lowest BCUT2D eigenvalue weighted by Gasteiger charge is -2.25. The van der Waals surface area contributed by atoms with Gasteiger partial charge in [0.1, 0.15) is 0 Å². The molecule has 0 rings (SSSR count). The van der Waals surface area contributed by atoms with Crippen molar-refractivity contribution < 1.29 is 23.1 Å². The summed E-state index contributed by atoms with van der Waals surface area (Å²) in [6, 6.07) is 0. The van der Waals surface area contributed by atoms with Crippen LogP contribution in [0, 0.1) is 0 Å². The highest BCUT2D eigenvalue weighted by Crippen LogP contribution is 2.19. The predicted octanol–water partition coefficient (Wildman–Crippen LogP) is 1.67. The number of carboxylic acids is 1. The van der Waals surface area contributed by atoms with E-state index in [9.17, 15) is 18.0 Å². The van der Waals surface area contributed by atoms with Gasteiger partial charge in [-0.3, -0.25) is 9.69 Å². The van der Waals surface area contributed by atoms with Gasteiger partial charge in [0.15, 0.2) is 0 Å². The summed E-state index contributed by atoms with van der Waals surface area (Å²) < 4.78 is 36.3. The van der Waals surface area contributed by atoms with Gasteiger partial charge in [-0.1, -0.05) is 13.8 Å². The minimum atomic E-state index is -4.24. The number of likely N-dealkylation sites (N-methyl/N-ethyl adjacent to an activating group) is 1. The quantitative estimate of drug-likeness (QED) is 0.692. The van der Waals surface area contributed by atoms with Crippen LogP contribution in [0.4, 0.5) is 13.2 Å². The van der Waals surface area contributed by atoms with Gasteiger partial charge in [0.2, 0.25) is 0 Å². The average molecular weight is 270 g/mol. The molecule has 0 fully saturated rings. The molecule has 0 aromatic carbocycles. The lowest BCUT2D eigenvalue weighted by molar-refractivity contribution is -0.145. The smallest absolute Gasteiger partial charge is 0.390 e. The van der Waals surface area contributed by atoms with E-state index in [1.54, 1.807) is 0 Å². The first-order chi connectivity index (χ1) is 8.28. The standard InChI is InChI=1S/C11H21F3N2O2/c1-3-15(4-2)7-8-16(9-10(17)18)6-5-11(12,13)14/h3-9H2,1-2H3,(H,17,18). The molecule has 0 saturated carbocycles. The molecule has 0 saturated heterocycles. The monoisotopic (exact) mass is 270 g/mol. The van der Waals surface area contributed by atoms with Crippen LogP contribution in [0.1, 0.15) is 20.3 Å². The molecule has 0 atom stereocenters. The summed E-state index contributed by atoms with van der Waals surface area (Å²) in [4.78, 5) is 14.0. The lowest BCUT2D eigenvalue weighted by atomic mass is 10.3. The van der Waals surface area contributed by atoms with Gasteiger partial charge in [-0.25, -0.2) is 0 Å². The molecule has 0 aliphatic carbocycles. The Morgan fingerprint density at radius 2 is 1.56 bits per heavy atom. The molecule has 0 aromatic rings. The van der Waals surface area contributed by atoms with Crippen LogP contribution in [0.5, 0.6) is 0 Å². The molecule has 108 valence electrons. The minimum absolute atomic E-state index is 0.267. The second kappa shape index (κ2) is 8.31. The molecule has 1 N–H and O–H groups in total. The Bertz CT molecular complexity index is 243. The van der Waals surface area contributed by atoms with Crippen molar-refractivity contribution in [1.29, 1.82) is 0 Å². The van der Waals surface area contributed by atoms with Gasteiger partial charge in [0, 0.05) is 19.6 Å². The van der Waals surface area contributed by atoms with Gasteiger partial charge in [-0.05, 0) is 13.1 Å². The Balaban J connectivity index is 4.18. The van der Waals surface area contributed by atoms with E-state index in [-0.39, 0.29) is 13.1 Å². The third-order valence-electron chi connectivity index (χ3n) is 2.70. The topological polar surface area (TPSA) is 43.8 Å². The van der Waals surface area contributed by atoms with Crippen LogP contribution in [0.2, 0.25) is 0 Å². The second-order valence-electron chi connectivity index (χ2n) is 4.06. The minimum Gasteiger partial charge on any atom is -0.480 e. The molecule has 0 unspecified atom stereocenters. The molecule has 0 aliphatic heterocycles. The van der Waals surface area contributed by atoms with Crippen LogP contribution in [-0.2, 0) is 4.79 Å². The number of nitrogens with zero attached hydrogens (tertiary/aromatic N) is 2. The highest BCUT2D eigenvalue weighted by molar-refractivity contribution is 5.69. The van der Waals surface area contributed by atoms with Crippen molar-refractivity contribution in [3.05, 3.63) is 0 Å². The Kier molecular flexibility index (Phi) is 7.93. The fraction of sp³-hybridized carbons (Fsp3) is 0.909. The van der Waals surface area contributed by atoms with Crippen molar-refractivity contribution in [1.82, 2.24) is 9.80 Å². The van der Waals surface area contributed by atoms with Gasteiger partial charge < -0.3 is 10.0 Å². The first-order valence-corrected chi connectivity index (χ1v) is 6.01. The van der Waals surface area contributed by atoms with Crippen molar-refractivity contribution in [3.8, 4) is 0 Å². The van der Waals surface area contributed by atoms with E-state index in [2.05, 4.69) is 0 Å². The molecule has 0 heterocycles. The summed E-state index contributed by atoms with van der Waals surface area (Å²) in [5.41, 5.74) is 0. The van der Waals surface area contributed by atoms with Crippen LogP contribution in [0.3, 0.4) is 0 Å². The van der Waals surface area contributed by atoms with E-state index in [1.165, 1.54) is 4.90 Å². The summed E-state index contributed by atoms with van der Waals surface area (Å²) in [6.45, 7) is 5.82. The van der Waals surface area contributed by atoms with Gasteiger partial charge in [0.05, 0.1) is 13.0 Å². The first-order valence-electron chi connectivity index (χ1n) is 6.01. The van der Waals surface area contributed by atoms with Gasteiger partial charge in [-0.15, -0.1) is 0 Å². The summed E-state index contributed by atoms with van der Waals surface area (Å²) in [5.74, 6) is -1.10. The van der Waals surface area contributed by atoms with Crippen LogP contribution in [-0.4, -0.2) is 66.3 Å². The fourth-order valence-corrected chi connectivity index (χ4v) is 1.57. The molecule has 18 heavy (non-hydrogen) atoms. The molecule has 0 radical (unpaired) electrons. The molecular formula is C11H21F3N2O2. The summed E-state index contributed by atoms with van der Waals surface area (Å²) in [6.07, 6.45) is -5.22. The maximum atomic E-state index is 12.1. The van der Waals surface area contributed by atoms with Gasteiger partial charge >= 0.3 is 12.1 Å². The fourth-order valence-electron chi connectivity index (χ4n) is 1.57. The van der Waals surface area contributed by atoms with Crippen molar-refractivity contribution in [3.63, 3.8) is 0 Å². The zero-order valence-corrected chi connectivity index (χ0v) is 10.8. The van der Waals surface area contributed by atoms with Crippen molar-refractivity contribution in [2.75, 3.05) is 39.3 Å². The summed E-state index contributed by atoms with van der Waals surface area (Å²) in [7, 11) is 0.